The van der Waals surface area contributed by atoms with Crippen molar-refractivity contribution in [3.05, 3.63) is 24.8 Å². The zero-order valence-corrected chi connectivity index (χ0v) is 20.9. The Labute approximate surface area is 168 Å². The SMILES string of the molecule is C=CC(/C=C/[CH2][Sn]([CH2]CCC)([CH2]CCC)[CH2]CCC)C1(O)CCCCC1. The van der Waals surface area contributed by atoms with Gasteiger partial charge in [0.25, 0.3) is 0 Å². The topological polar surface area (TPSA) is 20.2 Å². The van der Waals surface area contributed by atoms with Gasteiger partial charge in [0.1, 0.15) is 0 Å². The average molecular weight is 469 g/mol. The molecule has 1 fully saturated rings. The molecule has 1 rings (SSSR count). The van der Waals surface area contributed by atoms with Crippen LogP contribution in [0.15, 0.2) is 24.8 Å². The summed E-state index contributed by atoms with van der Waals surface area (Å²) in [6, 6.07) is 0. The van der Waals surface area contributed by atoms with Gasteiger partial charge in [-0.2, -0.15) is 0 Å². The quantitative estimate of drug-likeness (QED) is 0.203. The summed E-state index contributed by atoms with van der Waals surface area (Å²) < 4.78 is 6.09. The molecule has 1 unspecified atom stereocenters. The van der Waals surface area contributed by atoms with E-state index in [4.69, 9.17) is 0 Å². The van der Waals surface area contributed by atoms with Crippen molar-refractivity contribution in [3.63, 3.8) is 0 Å². The number of allylic oxidation sites excluding steroid dienone is 1. The van der Waals surface area contributed by atoms with Crippen LogP contribution in [0.1, 0.15) is 91.4 Å². The molecular formula is C24H46OSn. The van der Waals surface area contributed by atoms with Crippen LogP contribution in [0.5, 0.6) is 0 Å². The molecule has 0 aromatic rings. The third-order valence-corrected chi connectivity index (χ3v) is 21.9. The Balaban J connectivity index is 2.82. The first-order valence-corrected chi connectivity index (χ1v) is 19.6. The molecule has 0 spiro atoms. The van der Waals surface area contributed by atoms with Crippen molar-refractivity contribution in [2.45, 2.75) is 115 Å². The van der Waals surface area contributed by atoms with E-state index in [9.17, 15) is 5.11 Å². The zero-order valence-electron chi connectivity index (χ0n) is 18.1. The van der Waals surface area contributed by atoms with Crippen molar-refractivity contribution < 1.29 is 5.11 Å². The third kappa shape index (κ3) is 8.08. The van der Waals surface area contributed by atoms with Crippen molar-refractivity contribution in [2.24, 2.45) is 5.92 Å². The molecule has 2 heteroatoms. The summed E-state index contributed by atoms with van der Waals surface area (Å²) >= 11 is -2.08. The van der Waals surface area contributed by atoms with E-state index in [2.05, 4.69) is 39.5 Å². The Hall–Kier alpha value is 0.239. The first-order valence-electron chi connectivity index (χ1n) is 11.6. The fourth-order valence-corrected chi connectivity index (χ4v) is 19.9. The van der Waals surface area contributed by atoms with Crippen LogP contribution in [0, 0.1) is 5.92 Å². The Morgan fingerprint density at radius 2 is 1.42 bits per heavy atom. The van der Waals surface area contributed by atoms with Gasteiger partial charge in [0.05, 0.1) is 0 Å². The Morgan fingerprint density at radius 3 is 1.85 bits per heavy atom. The molecule has 1 atom stereocenters. The molecule has 1 saturated carbocycles. The summed E-state index contributed by atoms with van der Waals surface area (Å²) in [7, 11) is 0. The molecule has 0 amide bonds. The van der Waals surface area contributed by atoms with Gasteiger partial charge in [-0.15, -0.1) is 0 Å². The second-order valence-corrected chi connectivity index (χ2v) is 22.9. The minimum atomic E-state index is -2.08. The van der Waals surface area contributed by atoms with Gasteiger partial charge in [0, 0.05) is 0 Å². The van der Waals surface area contributed by atoms with E-state index in [0.717, 1.165) is 12.8 Å². The van der Waals surface area contributed by atoms with Crippen molar-refractivity contribution in [1.82, 2.24) is 0 Å². The Bertz CT molecular complexity index is 373. The normalized spacial score (nSPS) is 18.9. The molecule has 0 radical (unpaired) electrons. The molecule has 1 aliphatic rings. The summed E-state index contributed by atoms with van der Waals surface area (Å²) in [5.41, 5.74) is -0.523. The average Bonchev–Trinajstić information content (AvgIpc) is 2.66. The molecule has 1 N–H and O–H groups in total. The van der Waals surface area contributed by atoms with Crippen molar-refractivity contribution in [2.75, 3.05) is 0 Å². The van der Waals surface area contributed by atoms with Gasteiger partial charge in [-0.25, -0.2) is 0 Å². The molecule has 0 heterocycles. The molecule has 26 heavy (non-hydrogen) atoms. The van der Waals surface area contributed by atoms with Crippen LogP contribution in [0.3, 0.4) is 0 Å². The maximum atomic E-state index is 11.1. The molecule has 0 aromatic carbocycles. The molecule has 152 valence electrons. The molecule has 1 nitrogen and oxygen atoms in total. The molecule has 0 bridgehead atoms. The number of unbranched alkanes of at least 4 members (excludes halogenated alkanes) is 3. The number of hydrogen-bond acceptors (Lipinski definition) is 1. The summed E-state index contributed by atoms with van der Waals surface area (Å²) in [6.07, 6.45) is 20.7. The van der Waals surface area contributed by atoms with E-state index in [1.165, 1.54) is 62.2 Å². The fourth-order valence-electron chi connectivity index (χ4n) is 4.78. The van der Waals surface area contributed by atoms with Crippen LogP contribution in [0.2, 0.25) is 17.7 Å². The van der Waals surface area contributed by atoms with Gasteiger partial charge < -0.3 is 0 Å². The van der Waals surface area contributed by atoms with E-state index < -0.39 is 24.0 Å². The molecule has 0 aromatic heterocycles. The number of rotatable bonds is 14. The zero-order chi connectivity index (χ0) is 19.3. The van der Waals surface area contributed by atoms with E-state index in [-0.39, 0.29) is 5.92 Å². The monoisotopic (exact) mass is 470 g/mol. The van der Waals surface area contributed by atoms with E-state index in [0.29, 0.717) is 0 Å². The number of aliphatic hydroxyl groups is 1. The standard InChI is InChI=1S/C12H19O.3C4H9.Sn/c1-3-8-11(4-2)12(13)9-6-5-7-10-12;3*1-3-4-2;/h3-4,8,11,13H,1-2,5-7,9-10H2;3*1,3-4H2,2H3;/b8-3+;;;;. The first kappa shape index (κ1) is 24.3. The summed E-state index contributed by atoms with van der Waals surface area (Å²) in [4.78, 5) is 0. The maximum absolute atomic E-state index is 11.1. The predicted molar refractivity (Wildman–Crippen MR) is 121 cm³/mol. The van der Waals surface area contributed by atoms with Crippen LogP contribution in [-0.4, -0.2) is 29.1 Å². The van der Waals surface area contributed by atoms with Gasteiger partial charge in [-0.3, -0.25) is 0 Å². The van der Waals surface area contributed by atoms with Crippen LogP contribution >= 0.6 is 0 Å². The van der Waals surface area contributed by atoms with Crippen LogP contribution in [0.4, 0.5) is 0 Å². The van der Waals surface area contributed by atoms with Crippen LogP contribution < -0.4 is 0 Å². The second kappa shape index (κ2) is 13.4. The molecule has 1 aliphatic carbocycles. The van der Waals surface area contributed by atoms with Crippen molar-refractivity contribution in [1.29, 1.82) is 0 Å². The predicted octanol–water partition coefficient (Wildman–Crippen LogP) is 7.89. The van der Waals surface area contributed by atoms with Crippen molar-refractivity contribution >= 4 is 18.4 Å². The summed E-state index contributed by atoms with van der Waals surface area (Å²) in [5, 5.41) is 11.1. The fraction of sp³-hybridized carbons (Fsp3) is 0.833. The Kier molecular flexibility index (Phi) is 12.5. The van der Waals surface area contributed by atoms with Gasteiger partial charge in [0.2, 0.25) is 0 Å². The van der Waals surface area contributed by atoms with E-state index in [1.807, 2.05) is 6.08 Å². The summed E-state index contributed by atoms with van der Waals surface area (Å²) in [5.74, 6) is 0.148. The van der Waals surface area contributed by atoms with E-state index in [1.54, 1.807) is 13.3 Å². The molecule has 0 aliphatic heterocycles. The van der Waals surface area contributed by atoms with Crippen molar-refractivity contribution in [3.8, 4) is 0 Å². The van der Waals surface area contributed by atoms with Gasteiger partial charge in [0.15, 0.2) is 0 Å². The van der Waals surface area contributed by atoms with E-state index >= 15 is 0 Å². The van der Waals surface area contributed by atoms with Crippen LogP contribution in [0.25, 0.3) is 0 Å². The van der Waals surface area contributed by atoms with Gasteiger partial charge >= 0.3 is 169 Å². The van der Waals surface area contributed by atoms with Gasteiger partial charge in [-0.1, -0.05) is 0 Å². The second-order valence-electron chi connectivity index (χ2n) is 8.87. The molecular weight excluding hydrogens is 423 g/mol. The summed E-state index contributed by atoms with van der Waals surface area (Å²) in [6.45, 7) is 11.1. The van der Waals surface area contributed by atoms with Crippen LogP contribution in [-0.2, 0) is 0 Å². The first-order chi connectivity index (χ1) is 12.6. The Morgan fingerprint density at radius 1 is 0.923 bits per heavy atom. The minimum absolute atomic E-state index is 0.148. The number of hydrogen-bond donors (Lipinski definition) is 1. The van der Waals surface area contributed by atoms with Gasteiger partial charge in [-0.05, 0) is 0 Å². The third-order valence-electron chi connectivity index (χ3n) is 6.67. The molecule has 0 saturated heterocycles.